The van der Waals surface area contributed by atoms with Crippen molar-refractivity contribution < 1.29 is 0 Å². The highest BCUT2D eigenvalue weighted by Gasteiger charge is 2.52. The zero-order valence-corrected chi connectivity index (χ0v) is 45.7. The lowest BCUT2D eigenvalue weighted by Crippen LogP contribution is -2.25. The monoisotopic (exact) mass is 1090 g/mol. The van der Waals surface area contributed by atoms with Gasteiger partial charge in [0.25, 0.3) is 0 Å². The van der Waals surface area contributed by atoms with Crippen molar-refractivity contribution >= 4 is 0 Å². The van der Waals surface area contributed by atoms with E-state index in [4.69, 9.17) is 44.9 Å². The minimum absolute atomic E-state index is 0.575. The summed E-state index contributed by atoms with van der Waals surface area (Å²) in [5.74, 6) is 5.37. The van der Waals surface area contributed by atoms with Crippen molar-refractivity contribution in [3.63, 3.8) is 0 Å². The van der Waals surface area contributed by atoms with Gasteiger partial charge in [-0.05, 0) is 73.8 Å². The van der Waals surface area contributed by atoms with Crippen LogP contribution in [0.3, 0.4) is 0 Å². The van der Waals surface area contributed by atoms with Gasteiger partial charge < -0.3 is 0 Å². The van der Waals surface area contributed by atoms with Gasteiger partial charge in [-0.2, -0.15) is 0 Å². The minimum Gasteiger partial charge on any atom is -0.208 e. The van der Waals surface area contributed by atoms with Gasteiger partial charge in [0.2, 0.25) is 0 Å². The van der Waals surface area contributed by atoms with E-state index in [0.717, 1.165) is 83.5 Å². The van der Waals surface area contributed by atoms with E-state index in [9.17, 15) is 0 Å². The lowest BCUT2D eigenvalue weighted by atomic mass is 9.70. The molecule has 0 saturated heterocycles. The van der Waals surface area contributed by atoms with Crippen LogP contribution in [0.5, 0.6) is 0 Å². The molecule has 1 spiro atoms. The molecule has 11 aromatic carbocycles. The van der Waals surface area contributed by atoms with Gasteiger partial charge in [0, 0.05) is 50.1 Å². The largest absolute Gasteiger partial charge is 0.208 e. The maximum absolute atomic E-state index is 5.24. The Morgan fingerprint density at radius 2 is 0.424 bits per heavy atom. The van der Waals surface area contributed by atoms with Crippen LogP contribution in [-0.4, -0.2) is 44.9 Å². The maximum Gasteiger partial charge on any atom is 0.164 e. The fourth-order valence-electron chi connectivity index (χ4n) is 12.4. The van der Waals surface area contributed by atoms with Crippen molar-refractivity contribution in [3.05, 3.63) is 307 Å². The van der Waals surface area contributed by atoms with E-state index in [-0.39, 0.29) is 0 Å². The van der Waals surface area contributed by atoms with E-state index in [1.54, 1.807) is 0 Å². The summed E-state index contributed by atoms with van der Waals surface area (Å²) >= 11 is 0. The maximum atomic E-state index is 5.24. The van der Waals surface area contributed by atoms with Gasteiger partial charge in [0.1, 0.15) is 0 Å². The smallest absolute Gasteiger partial charge is 0.164 e. The molecule has 0 N–H and O–H groups in total. The van der Waals surface area contributed by atoms with E-state index in [2.05, 4.69) is 103 Å². The minimum atomic E-state index is -0.738. The topological polar surface area (TPSA) is 116 Å². The Morgan fingerprint density at radius 1 is 0.165 bits per heavy atom. The van der Waals surface area contributed by atoms with Crippen LogP contribution in [0.25, 0.3) is 136 Å². The van der Waals surface area contributed by atoms with Crippen molar-refractivity contribution in [1.29, 1.82) is 0 Å². The molecule has 3 heterocycles. The Hall–Kier alpha value is -11.6. The highest BCUT2D eigenvalue weighted by molar-refractivity contribution is 6.01. The molecule has 0 bridgehead atoms. The van der Waals surface area contributed by atoms with Crippen molar-refractivity contribution in [2.24, 2.45) is 0 Å². The highest BCUT2D eigenvalue weighted by Crippen LogP contribution is 2.64. The van der Waals surface area contributed by atoms with Crippen LogP contribution in [0.4, 0.5) is 0 Å². The highest BCUT2D eigenvalue weighted by atomic mass is 15.1. The van der Waals surface area contributed by atoms with Gasteiger partial charge in [-0.3, -0.25) is 0 Å². The number of rotatable bonds is 10. The van der Waals surface area contributed by atoms with Gasteiger partial charge in [-0.15, -0.1) is 0 Å². The molecular formula is C76H47N9. The lowest BCUT2D eigenvalue weighted by molar-refractivity contribution is 0.794. The number of aromatic nitrogens is 9. The molecule has 9 heteroatoms. The predicted molar refractivity (Wildman–Crippen MR) is 337 cm³/mol. The third-order valence-electron chi connectivity index (χ3n) is 16.3. The summed E-state index contributed by atoms with van der Waals surface area (Å²) in [5.41, 5.74) is 18.6. The summed E-state index contributed by atoms with van der Waals surface area (Å²) in [7, 11) is 0. The zero-order valence-electron chi connectivity index (χ0n) is 45.7. The Bertz CT molecular complexity index is 4520. The second-order valence-corrected chi connectivity index (χ2v) is 21.2. The second kappa shape index (κ2) is 20.5. The molecule has 0 amide bonds. The van der Waals surface area contributed by atoms with Crippen molar-refractivity contribution in [1.82, 2.24) is 44.9 Å². The first-order valence-corrected chi connectivity index (χ1v) is 28.4. The number of nitrogens with zero attached hydrogens (tertiary/aromatic N) is 9. The first-order chi connectivity index (χ1) is 42.1. The Labute approximate surface area is 491 Å². The fourth-order valence-corrected chi connectivity index (χ4v) is 12.4. The number of fused-ring (bicyclic) bond motifs is 10. The molecule has 3 aromatic heterocycles. The number of benzene rings is 11. The average molecular weight is 1090 g/mol. The van der Waals surface area contributed by atoms with Gasteiger partial charge in [0.05, 0.1) is 5.41 Å². The first kappa shape index (κ1) is 49.3. The summed E-state index contributed by atoms with van der Waals surface area (Å²) < 4.78 is 0. The summed E-state index contributed by atoms with van der Waals surface area (Å²) in [6.45, 7) is 0. The van der Waals surface area contributed by atoms with Crippen LogP contribution in [-0.2, 0) is 5.41 Å². The van der Waals surface area contributed by atoms with Crippen LogP contribution >= 0.6 is 0 Å². The second-order valence-electron chi connectivity index (χ2n) is 21.2. The zero-order chi connectivity index (χ0) is 56.3. The van der Waals surface area contributed by atoms with Crippen LogP contribution < -0.4 is 0 Å². The normalized spacial score (nSPS) is 12.3. The molecule has 0 aliphatic heterocycles. The molecule has 0 radical (unpaired) electrons. The van der Waals surface area contributed by atoms with E-state index in [1.165, 1.54) is 22.3 Å². The van der Waals surface area contributed by atoms with Crippen molar-refractivity contribution in [2.75, 3.05) is 0 Å². The van der Waals surface area contributed by atoms with Gasteiger partial charge in [0.15, 0.2) is 52.4 Å². The van der Waals surface area contributed by atoms with Crippen LogP contribution in [0.15, 0.2) is 285 Å². The van der Waals surface area contributed by atoms with Crippen molar-refractivity contribution in [2.45, 2.75) is 5.41 Å². The van der Waals surface area contributed by atoms with Gasteiger partial charge in [-0.1, -0.05) is 267 Å². The van der Waals surface area contributed by atoms with E-state index in [0.29, 0.717) is 52.4 Å². The molecule has 2 aliphatic rings. The SMILES string of the molecule is c1ccc(-c2nc(-c3ccccc3)nc(-c3cccc(-c4cccc5c4-c4ccccc4C54c5ccc(-c6nc(-c7ccccc7)nc(-c7ccccc7)n6)cc5-c5cc(-c6nc(-c7ccccc7)nc(-c7ccccc7)n6)ccc54)c3)n2)cc1. The Morgan fingerprint density at radius 3 is 0.800 bits per heavy atom. The summed E-state index contributed by atoms with van der Waals surface area (Å²) in [6.07, 6.45) is 0. The fraction of sp³-hybridized carbons (Fsp3) is 0.0132. The van der Waals surface area contributed by atoms with E-state index >= 15 is 0 Å². The first-order valence-electron chi connectivity index (χ1n) is 28.4. The molecule has 0 fully saturated rings. The molecule has 14 aromatic rings. The molecular weight excluding hydrogens is 1040 g/mol. The summed E-state index contributed by atoms with van der Waals surface area (Å²) in [4.78, 5) is 46.3. The molecule has 0 unspecified atom stereocenters. The third-order valence-corrected chi connectivity index (χ3v) is 16.3. The summed E-state index contributed by atoms with van der Waals surface area (Å²) in [6, 6.07) is 98.6. The predicted octanol–water partition coefficient (Wildman–Crippen LogP) is 17.3. The average Bonchev–Trinajstić information content (AvgIpc) is 1.52. The number of hydrogen-bond donors (Lipinski definition) is 0. The molecule has 2 aliphatic carbocycles. The molecule has 396 valence electrons. The Kier molecular flexibility index (Phi) is 11.9. The molecule has 85 heavy (non-hydrogen) atoms. The van der Waals surface area contributed by atoms with E-state index < -0.39 is 5.41 Å². The van der Waals surface area contributed by atoms with Crippen LogP contribution in [0, 0.1) is 0 Å². The van der Waals surface area contributed by atoms with Crippen LogP contribution in [0.2, 0.25) is 0 Å². The van der Waals surface area contributed by atoms with Gasteiger partial charge in [-0.25, -0.2) is 44.9 Å². The standard InChI is InChI=1S/C76H47N9/c1-7-23-48(24-8-1)67-77-68(49-25-9-2-10-26-49)81-73(80-67)55-36-21-35-54(45-55)58-38-22-40-65-66(58)59-37-19-20-39-62(59)76(65)63-43-41-56(74-82-69(50-27-11-3-12-28-50)78-70(83-74)51-29-13-4-14-30-51)46-60(63)61-47-57(42-44-64(61)76)75-84-71(52-31-15-5-16-32-52)79-72(85-75)53-33-17-6-18-34-53/h1-47H. The Balaban J connectivity index is 0.908. The lowest BCUT2D eigenvalue weighted by Gasteiger charge is -2.30. The molecule has 9 nitrogen and oxygen atoms in total. The third kappa shape index (κ3) is 8.52. The van der Waals surface area contributed by atoms with E-state index in [1.807, 2.05) is 182 Å². The molecule has 16 rings (SSSR count). The van der Waals surface area contributed by atoms with Crippen molar-refractivity contribution in [3.8, 4) is 136 Å². The number of hydrogen-bond acceptors (Lipinski definition) is 9. The van der Waals surface area contributed by atoms with Gasteiger partial charge >= 0.3 is 0 Å². The van der Waals surface area contributed by atoms with Crippen LogP contribution in [0.1, 0.15) is 22.3 Å². The molecule has 0 saturated carbocycles. The quantitative estimate of drug-likeness (QED) is 0.132. The molecule has 0 atom stereocenters. The summed E-state index contributed by atoms with van der Waals surface area (Å²) in [5, 5.41) is 0.